The van der Waals surface area contributed by atoms with Gasteiger partial charge in [-0.3, -0.25) is 0 Å². The smallest absolute Gasteiger partial charge is 0.359 e. The molecule has 6 nitrogen and oxygen atoms in total. The van der Waals surface area contributed by atoms with Crippen LogP contribution in [0.5, 0.6) is 0 Å². The lowest BCUT2D eigenvalue weighted by Gasteiger charge is -2.10. The van der Waals surface area contributed by atoms with E-state index in [0.717, 1.165) is 5.69 Å². The van der Waals surface area contributed by atoms with E-state index in [1.54, 1.807) is 43.1 Å². The molecule has 0 saturated heterocycles. The zero-order valence-corrected chi connectivity index (χ0v) is 11.4. The van der Waals surface area contributed by atoms with E-state index in [2.05, 4.69) is 5.10 Å². The van der Waals surface area contributed by atoms with E-state index >= 15 is 0 Å². The molecule has 2 rings (SSSR count). The van der Waals surface area contributed by atoms with E-state index < -0.39 is 5.97 Å². The van der Waals surface area contributed by atoms with Crippen molar-refractivity contribution in [2.45, 2.75) is 13.0 Å². The summed E-state index contributed by atoms with van der Waals surface area (Å²) in [6, 6.07) is 8.84. The second-order valence-corrected chi connectivity index (χ2v) is 4.41. The Kier molecular flexibility index (Phi) is 4.37. The fraction of sp³-hybridized carbons (Fsp3) is 0.286. The lowest BCUT2D eigenvalue weighted by molar-refractivity contribution is 0.0114. The summed E-state index contributed by atoms with van der Waals surface area (Å²) >= 11 is 0. The van der Waals surface area contributed by atoms with Crippen molar-refractivity contribution in [3.8, 4) is 5.69 Å². The van der Waals surface area contributed by atoms with Crippen LogP contribution in [0.2, 0.25) is 0 Å². The number of benzene rings is 1. The van der Waals surface area contributed by atoms with E-state index in [1.807, 2.05) is 12.1 Å². The molecule has 0 saturated carbocycles. The summed E-state index contributed by atoms with van der Waals surface area (Å²) in [7, 11) is 1.55. The molecule has 0 radical (unpaired) electrons. The van der Waals surface area contributed by atoms with Gasteiger partial charge in [0.05, 0.1) is 12.3 Å². The minimum Gasteiger partial charge on any atom is -0.455 e. The second kappa shape index (κ2) is 6.21. The second-order valence-electron chi connectivity index (χ2n) is 4.41. The minimum absolute atomic E-state index is 0.246. The number of rotatable bonds is 5. The molecule has 0 aliphatic heterocycles. The molecular formula is C14H17N3O3. The molecule has 0 fully saturated rings. The van der Waals surface area contributed by atoms with E-state index in [4.69, 9.17) is 15.2 Å². The first kappa shape index (κ1) is 14.1. The summed E-state index contributed by atoms with van der Waals surface area (Å²) in [4.78, 5) is 11.9. The van der Waals surface area contributed by atoms with Gasteiger partial charge < -0.3 is 15.2 Å². The first-order valence-corrected chi connectivity index (χ1v) is 6.21. The monoisotopic (exact) mass is 275 g/mol. The van der Waals surface area contributed by atoms with Gasteiger partial charge in [0.2, 0.25) is 0 Å². The maximum atomic E-state index is 11.9. The average Bonchev–Trinajstić information content (AvgIpc) is 2.88. The van der Waals surface area contributed by atoms with Crippen molar-refractivity contribution in [3.05, 3.63) is 42.2 Å². The number of carbonyl (C=O) groups is 1. The van der Waals surface area contributed by atoms with Crippen LogP contribution in [0.25, 0.3) is 5.69 Å². The third kappa shape index (κ3) is 3.36. The van der Waals surface area contributed by atoms with E-state index in [0.29, 0.717) is 12.3 Å². The molecular weight excluding hydrogens is 258 g/mol. The number of ether oxygens (including phenoxy) is 2. The first-order chi connectivity index (χ1) is 9.60. The van der Waals surface area contributed by atoms with Gasteiger partial charge in [0, 0.05) is 19.0 Å². The Morgan fingerprint density at radius 2 is 2.25 bits per heavy atom. The lowest BCUT2D eigenvalue weighted by Crippen LogP contribution is -2.20. The normalized spacial score (nSPS) is 12.1. The predicted octanol–water partition coefficient (Wildman–Crippen LogP) is 1.65. The zero-order valence-electron chi connectivity index (χ0n) is 11.4. The lowest BCUT2D eigenvalue weighted by atomic mass is 10.3. The summed E-state index contributed by atoms with van der Waals surface area (Å²) in [6.45, 7) is 2.11. The maximum absolute atomic E-state index is 11.9. The highest BCUT2D eigenvalue weighted by Crippen LogP contribution is 2.12. The number of carbonyl (C=O) groups excluding carboxylic acids is 1. The third-order valence-electron chi connectivity index (χ3n) is 2.64. The molecule has 0 amide bonds. The van der Waals surface area contributed by atoms with Crippen molar-refractivity contribution in [1.29, 1.82) is 0 Å². The summed E-state index contributed by atoms with van der Waals surface area (Å²) < 4.78 is 11.7. The van der Waals surface area contributed by atoms with E-state index in [-0.39, 0.29) is 11.8 Å². The van der Waals surface area contributed by atoms with Gasteiger partial charge in [0.25, 0.3) is 0 Å². The first-order valence-electron chi connectivity index (χ1n) is 6.21. The van der Waals surface area contributed by atoms with Gasteiger partial charge >= 0.3 is 5.97 Å². The van der Waals surface area contributed by atoms with Crippen LogP contribution in [0.1, 0.15) is 17.4 Å². The molecule has 1 aromatic carbocycles. The van der Waals surface area contributed by atoms with Gasteiger partial charge in [-0.05, 0) is 31.2 Å². The van der Waals surface area contributed by atoms with Crippen molar-refractivity contribution in [3.63, 3.8) is 0 Å². The van der Waals surface area contributed by atoms with Crippen molar-refractivity contribution in [1.82, 2.24) is 9.78 Å². The number of nitrogens with zero attached hydrogens (tertiary/aromatic N) is 2. The Morgan fingerprint density at radius 3 is 2.95 bits per heavy atom. The van der Waals surface area contributed by atoms with Gasteiger partial charge in [-0.15, -0.1) is 0 Å². The van der Waals surface area contributed by atoms with E-state index in [1.165, 1.54) is 0 Å². The molecule has 1 heterocycles. The van der Waals surface area contributed by atoms with Crippen LogP contribution in [-0.4, -0.2) is 35.6 Å². The molecule has 6 heteroatoms. The average molecular weight is 275 g/mol. The molecule has 20 heavy (non-hydrogen) atoms. The zero-order chi connectivity index (χ0) is 14.5. The van der Waals surface area contributed by atoms with Crippen LogP contribution in [0.4, 0.5) is 5.69 Å². The minimum atomic E-state index is -0.475. The predicted molar refractivity (Wildman–Crippen MR) is 74.7 cm³/mol. The Hall–Kier alpha value is -2.34. The van der Waals surface area contributed by atoms with Crippen LogP contribution in [0.15, 0.2) is 36.5 Å². The number of aromatic nitrogens is 2. The molecule has 0 aliphatic carbocycles. The molecule has 2 N–H and O–H groups in total. The maximum Gasteiger partial charge on any atom is 0.359 e. The SMILES string of the molecule is COCC(C)OC(=O)c1ccn(-c2cccc(N)c2)n1. The highest BCUT2D eigenvalue weighted by Gasteiger charge is 2.15. The number of methoxy groups -OCH3 is 1. The fourth-order valence-corrected chi connectivity index (χ4v) is 1.76. The van der Waals surface area contributed by atoms with Gasteiger partial charge in [-0.25, -0.2) is 9.48 Å². The highest BCUT2D eigenvalue weighted by atomic mass is 16.6. The van der Waals surface area contributed by atoms with Crippen molar-refractivity contribution in [2.24, 2.45) is 0 Å². The quantitative estimate of drug-likeness (QED) is 0.663. The highest BCUT2D eigenvalue weighted by molar-refractivity contribution is 5.87. The van der Waals surface area contributed by atoms with Crippen LogP contribution in [-0.2, 0) is 9.47 Å². The third-order valence-corrected chi connectivity index (χ3v) is 2.64. The number of nitrogens with two attached hydrogens (primary N) is 1. The summed E-state index contributed by atoms with van der Waals surface area (Å²) in [5.74, 6) is -0.475. The number of hydrogen-bond acceptors (Lipinski definition) is 5. The molecule has 1 atom stereocenters. The Morgan fingerprint density at radius 1 is 1.45 bits per heavy atom. The largest absolute Gasteiger partial charge is 0.455 e. The van der Waals surface area contributed by atoms with Crippen LogP contribution in [0, 0.1) is 0 Å². The summed E-state index contributed by atoms with van der Waals surface area (Å²) in [6.07, 6.45) is 1.37. The van der Waals surface area contributed by atoms with Gasteiger partial charge in [0.15, 0.2) is 5.69 Å². The van der Waals surface area contributed by atoms with E-state index in [9.17, 15) is 4.79 Å². The Labute approximate surface area is 117 Å². The van der Waals surface area contributed by atoms with Gasteiger partial charge in [0.1, 0.15) is 6.10 Å². The molecule has 1 aromatic heterocycles. The molecule has 0 spiro atoms. The number of nitrogen functional groups attached to an aromatic ring is 1. The molecule has 1 unspecified atom stereocenters. The summed E-state index contributed by atoms with van der Waals surface area (Å²) in [5.41, 5.74) is 7.38. The van der Waals surface area contributed by atoms with Crippen LogP contribution >= 0.6 is 0 Å². The van der Waals surface area contributed by atoms with Crippen LogP contribution in [0.3, 0.4) is 0 Å². The fourth-order valence-electron chi connectivity index (χ4n) is 1.76. The molecule has 0 aliphatic rings. The van der Waals surface area contributed by atoms with Crippen molar-refractivity contribution in [2.75, 3.05) is 19.5 Å². The standard InChI is InChI=1S/C14H17N3O3/c1-10(9-19-2)20-14(18)13-6-7-17(16-13)12-5-3-4-11(15)8-12/h3-8,10H,9,15H2,1-2H3. The topological polar surface area (TPSA) is 79.4 Å². The number of hydrogen-bond donors (Lipinski definition) is 1. The molecule has 106 valence electrons. The number of esters is 1. The van der Waals surface area contributed by atoms with Gasteiger partial charge in [-0.2, -0.15) is 5.10 Å². The Balaban J connectivity index is 2.11. The number of anilines is 1. The van der Waals surface area contributed by atoms with Crippen molar-refractivity contribution < 1.29 is 14.3 Å². The van der Waals surface area contributed by atoms with Crippen molar-refractivity contribution >= 4 is 11.7 Å². The Bertz CT molecular complexity index is 595. The summed E-state index contributed by atoms with van der Waals surface area (Å²) in [5, 5.41) is 4.18. The van der Waals surface area contributed by atoms with Gasteiger partial charge in [-0.1, -0.05) is 6.07 Å². The molecule has 2 aromatic rings. The van der Waals surface area contributed by atoms with Crippen LogP contribution < -0.4 is 5.73 Å². The molecule has 0 bridgehead atoms.